The number of methoxy groups -OCH3 is 1. The van der Waals surface area contributed by atoms with Crippen molar-refractivity contribution in [2.45, 2.75) is 19.9 Å². The van der Waals surface area contributed by atoms with E-state index < -0.39 is 0 Å². The highest BCUT2D eigenvalue weighted by molar-refractivity contribution is 7.09. The van der Waals surface area contributed by atoms with Crippen molar-refractivity contribution in [1.29, 1.82) is 0 Å². The zero-order chi connectivity index (χ0) is 15.9. The average Bonchev–Trinajstić information content (AvgIpc) is 2.94. The maximum atomic E-state index is 11.4. The van der Waals surface area contributed by atoms with Crippen molar-refractivity contribution < 1.29 is 9.53 Å². The molecular weight excluding hydrogens is 296 g/mol. The molecule has 0 unspecified atom stereocenters. The smallest absolute Gasteiger partial charge is 0.309 e. The number of ether oxygens (including phenoxy) is 1. The SMILES string of the molecule is COC(=O)[C@@H](C)CN(C)Cc1csc(Cc2ccccc2)n1. The maximum Gasteiger partial charge on any atom is 0.309 e. The molecule has 0 radical (unpaired) electrons. The molecular formula is C17H22N2O2S. The fourth-order valence-electron chi connectivity index (χ4n) is 2.36. The number of hydrogen-bond acceptors (Lipinski definition) is 5. The Hall–Kier alpha value is -1.72. The van der Waals surface area contributed by atoms with Gasteiger partial charge >= 0.3 is 5.97 Å². The van der Waals surface area contributed by atoms with Gasteiger partial charge in [0.25, 0.3) is 0 Å². The number of thiazole rings is 1. The molecule has 1 atom stereocenters. The van der Waals surface area contributed by atoms with Gasteiger partial charge in [-0.3, -0.25) is 9.69 Å². The molecule has 1 heterocycles. The van der Waals surface area contributed by atoms with E-state index in [1.54, 1.807) is 11.3 Å². The Labute approximate surface area is 135 Å². The van der Waals surface area contributed by atoms with Crippen LogP contribution in [0.15, 0.2) is 35.7 Å². The molecule has 1 aromatic heterocycles. The maximum absolute atomic E-state index is 11.4. The molecule has 0 spiro atoms. The van der Waals surface area contributed by atoms with Crippen molar-refractivity contribution in [3.05, 3.63) is 52.0 Å². The van der Waals surface area contributed by atoms with Crippen LogP contribution in [0.4, 0.5) is 0 Å². The lowest BCUT2D eigenvalue weighted by Gasteiger charge is -2.18. The Bertz CT molecular complexity index is 598. The van der Waals surface area contributed by atoms with Gasteiger partial charge in [0.05, 0.1) is 23.7 Å². The first-order valence-electron chi connectivity index (χ1n) is 7.32. The molecule has 0 fully saturated rings. The third-order valence-corrected chi connectivity index (χ3v) is 4.32. The molecule has 5 heteroatoms. The van der Waals surface area contributed by atoms with Crippen LogP contribution < -0.4 is 0 Å². The molecule has 2 aromatic rings. The molecule has 2 rings (SSSR count). The summed E-state index contributed by atoms with van der Waals surface area (Å²) in [5.74, 6) is -0.299. The number of aromatic nitrogens is 1. The van der Waals surface area contributed by atoms with E-state index in [1.807, 2.05) is 32.2 Å². The van der Waals surface area contributed by atoms with Crippen LogP contribution in [0, 0.1) is 5.92 Å². The average molecular weight is 318 g/mol. The van der Waals surface area contributed by atoms with Gasteiger partial charge in [0.2, 0.25) is 0 Å². The number of nitrogens with zero attached hydrogens (tertiary/aromatic N) is 2. The second kappa shape index (κ2) is 8.06. The van der Waals surface area contributed by atoms with Gasteiger partial charge in [0.15, 0.2) is 0 Å². The van der Waals surface area contributed by atoms with Crippen LogP contribution in [0.3, 0.4) is 0 Å². The van der Waals surface area contributed by atoms with E-state index >= 15 is 0 Å². The predicted octanol–water partition coefficient (Wildman–Crippen LogP) is 2.97. The molecule has 0 aliphatic carbocycles. The summed E-state index contributed by atoms with van der Waals surface area (Å²) < 4.78 is 4.75. The van der Waals surface area contributed by atoms with E-state index in [9.17, 15) is 4.79 Å². The second-order valence-corrected chi connectivity index (χ2v) is 6.46. The Morgan fingerprint density at radius 1 is 1.36 bits per heavy atom. The molecule has 0 N–H and O–H groups in total. The van der Waals surface area contributed by atoms with Gasteiger partial charge in [-0.25, -0.2) is 4.98 Å². The van der Waals surface area contributed by atoms with Gasteiger partial charge in [0.1, 0.15) is 0 Å². The molecule has 0 aliphatic heterocycles. The van der Waals surface area contributed by atoms with E-state index in [2.05, 4.69) is 27.4 Å². The first-order chi connectivity index (χ1) is 10.6. The van der Waals surface area contributed by atoms with Crippen molar-refractivity contribution in [2.24, 2.45) is 5.92 Å². The zero-order valence-electron chi connectivity index (χ0n) is 13.3. The van der Waals surface area contributed by atoms with Crippen LogP contribution in [0.1, 0.15) is 23.2 Å². The summed E-state index contributed by atoms with van der Waals surface area (Å²) in [5.41, 5.74) is 2.33. The van der Waals surface area contributed by atoms with E-state index in [0.717, 1.165) is 23.7 Å². The number of benzene rings is 1. The number of hydrogen-bond donors (Lipinski definition) is 0. The highest BCUT2D eigenvalue weighted by Gasteiger charge is 2.16. The Morgan fingerprint density at radius 2 is 2.09 bits per heavy atom. The minimum absolute atomic E-state index is 0.127. The number of carbonyl (C=O) groups excluding carboxylic acids is 1. The van der Waals surface area contributed by atoms with Crippen molar-refractivity contribution in [3.8, 4) is 0 Å². The third kappa shape index (κ3) is 4.93. The van der Waals surface area contributed by atoms with Crippen LogP contribution in [-0.2, 0) is 22.5 Å². The largest absolute Gasteiger partial charge is 0.469 e. The normalized spacial score (nSPS) is 12.4. The second-order valence-electron chi connectivity index (χ2n) is 5.52. The van der Waals surface area contributed by atoms with Crippen LogP contribution in [0.5, 0.6) is 0 Å². The quantitative estimate of drug-likeness (QED) is 0.736. The number of esters is 1. The summed E-state index contributed by atoms with van der Waals surface area (Å²) in [6.45, 7) is 3.29. The Kier molecular flexibility index (Phi) is 6.10. The van der Waals surface area contributed by atoms with Gasteiger partial charge in [0, 0.05) is 24.9 Å². The Morgan fingerprint density at radius 3 is 2.77 bits per heavy atom. The monoisotopic (exact) mass is 318 g/mol. The minimum atomic E-state index is -0.171. The van der Waals surface area contributed by atoms with Crippen molar-refractivity contribution >= 4 is 17.3 Å². The van der Waals surface area contributed by atoms with Crippen molar-refractivity contribution in [1.82, 2.24) is 9.88 Å². The molecule has 0 saturated heterocycles. The summed E-state index contributed by atoms with van der Waals surface area (Å²) >= 11 is 1.69. The fraction of sp³-hybridized carbons (Fsp3) is 0.412. The van der Waals surface area contributed by atoms with Crippen LogP contribution in [0.25, 0.3) is 0 Å². The summed E-state index contributed by atoms with van der Waals surface area (Å²) in [5, 5.41) is 3.22. The molecule has 0 bridgehead atoms. The predicted molar refractivity (Wildman–Crippen MR) is 88.9 cm³/mol. The fourth-order valence-corrected chi connectivity index (χ4v) is 3.18. The highest BCUT2D eigenvalue weighted by atomic mass is 32.1. The van der Waals surface area contributed by atoms with Gasteiger partial charge in [-0.1, -0.05) is 37.3 Å². The molecule has 1 aromatic carbocycles. The van der Waals surface area contributed by atoms with E-state index in [0.29, 0.717) is 6.54 Å². The van der Waals surface area contributed by atoms with Gasteiger partial charge in [-0.05, 0) is 12.6 Å². The number of rotatable bonds is 7. The van der Waals surface area contributed by atoms with Gasteiger partial charge in [-0.2, -0.15) is 0 Å². The van der Waals surface area contributed by atoms with E-state index in [4.69, 9.17) is 4.74 Å². The van der Waals surface area contributed by atoms with Crippen LogP contribution in [-0.4, -0.2) is 36.6 Å². The van der Waals surface area contributed by atoms with Crippen molar-refractivity contribution in [3.63, 3.8) is 0 Å². The first kappa shape index (κ1) is 16.6. The minimum Gasteiger partial charge on any atom is -0.469 e. The summed E-state index contributed by atoms with van der Waals surface area (Å²) in [4.78, 5) is 18.2. The lowest BCUT2D eigenvalue weighted by molar-refractivity contribution is -0.145. The van der Waals surface area contributed by atoms with E-state index in [-0.39, 0.29) is 11.9 Å². The standard InChI is InChI=1S/C17H22N2O2S/c1-13(17(20)21-3)10-19(2)11-15-12-22-16(18-15)9-14-7-5-4-6-8-14/h4-8,12-13H,9-11H2,1-3H3/t13-/m0/s1. The molecule has 0 saturated carbocycles. The third-order valence-electron chi connectivity index (χ3n) is 3.42. The summed E-state index contributed by atoms with van der Waals surface area (Å²) in [6, 6.07) is 10.3. The molecule has 0 aliphatic rings. The van der Waals surface area contributed by atoms with Gasteiger partial charge in [-0.15, -0.1) is 11.3 Å². The molecule has 0 amide bonds. The summed E-state index contributed by atoms with van der Waals surface area (Å²) in [6.07, 6.45) is 0.869. The van der Waals surface area contributed by atoms with Crippen LogP contribution in [0.2, 0.25) is 0 Å². The Balaban J connectivity index is 1.87. The van der Waals surface area contributed by atoms with Crippen LogP contribution >= 0.6 is 11.3 Å². The highest BCUT2D eigenvalue weighted by Crippen LogP contribution is 2.16. The first-order valence-corrected chi connectivity index (χ1v) is 8.20. The van der Waals surface area contributed by atoms with Crippen molar-refractivity contribution in [2.75, 3.05) is 20.7 Å². The molecule has 118 valence electrons. The zero-order valence-corrected chi connectivity index (χ0v) is 14.1. The summed E-state index contributed by atoms with van der Waals surface area (Å²) in [7, 11) is 3.42. The molecule has 4 nitrogen and oxygen atoms in total. The number of carbonyl (C=O) groups is 1. The topological polar surface area (TPSA) is 42.4 Å². The van der Waals surface area contributed by atoms with E-state index in [1.165, 1.54) is 12.7 Å². The molecule has 22 heavy (non-hydrogen) atoms. The lowest BCUT2D eigenvalue weighted by atomic mass is 10.1. The van der Waals surface area contributed by atoms with Gasteiger partial charge < -0.3 is 4.74 Å². The lowest BCUT2D eigenvalue weighted by Crippen LogP contribution is -2.29.